The van der Waals surface area contributed by atoms with Crippen LogP contribution in [0.15, 0.2) is 67.0 Å². The second kappa shape index (κ2) is 11.2. The molecule has 2 N–H and O–H groups in total. The lowest BCUT2D eigenvalue weighted by molar-refractivity contribution is 0.171. The Labute approximate surface area is 222 Å². The fourth-order valence-electron chi connectivity index (χ4n) is 4.54. The van der Waals surface area contributed by atoms with Crippen LogP contribution in [0, 0.1) is 25.2 Å². The Morgan fingerprint density at radius 1 is 0.947 bits per heavy atom. The van der Waals surface area contributed by atoms with E-state index in [1.807, 2.05) is 37.3 Å². The minimum atomic E-state index is 0.273. The van der Waals surface area contributed by atoms with Gasteiger partial charge in [0.1, 0.15) is 44.0 Å². The molecular formula is C31H29N3O4. The van der Waals surface area contributed by atoms with E-state index in [9.17, 15) is 0 Å². The van der Waals surface area contributed by atoms with Crippen LogP contribution in [0.5, 0.6) is 23.0 Å². The summed E-state index contributed by atoms with van der Waals surface area (Å²) in [7, 11) is 0. The molecule has 1 aliphatic heterocycles. The molecule has 0 aliphatic carbocycles. The van der Waals surface area contributed by atoms with Crippen LogP contribution in [0.1, 0.15) is 33.4 Å². The van der Waals surface area contributed by atoms with Crippen molar-refractivity contribution in [1.82, 2.24) is 4.98 Å². The van der Waals surface area contributed by atoms with Gasteiger partial charge in [0.25, 0.3) is 0 Å². The molecule has 0 fully saturated rings. The molecule has 0 radical (unpaired) electrons. The maximum absolute atomic E-state index is 9.13. The second-order valence-corrected chi connectivity index (χ2v) is 9.14. The lowest BCUT2D eigenvalue weighted by Crippen LogP contribution is -2.15. The van der Waals surface area contributed by atoms with Crippen LogP contribution in [-0.4, -0.2) is 18.2 Å². The van der Waals surface area contributed by atoms with Gasteiger partial charge in [-0.2, -0.15) is 5.26 Å². The van der Waals surface area contributed by atoms with Gasteiger partial charge in [-0.25, -0.2) is 0 Å². The third-order valence-corrected chi connectivity index (χ3v) is 6.62. The van der Waals surface area contributed by atoms with Gasteiger partial charge in [-0.3, -0.25) is 4.98 Å². The minimum Gasteiger partial charge on any atom is -0.489 e. The molecule has 0 atom stereocenters. The van der Waals surface area contributed by atoms with E-state index in [0.717, 1.165) is 50.4 Å². The van der Waals surface area contributed by atoms with Gasteiger partial charge in [0.15, 0.2) is 11.5 Å². The van der Waals surface area contributed by atoms with E-state index >= 15 is 0 Å². The standard InChI is InChI=1S/C31H29N3O4/c1-20-10-26(13-30(28(20)15-33)38-18-23-11-22(14-32)16-34-17-23)37-19-25-4-3-5-27(21(25)2)24-6-7-29-31(12-24)36-9-8-35-29/h3-7,10-13,16-17H,8-9,15,18-19,33H2,1-2H3. The maximum Gasteiger partial charge on any atom is 0.161 e. The van der Waals surface area contributed by atoms with Crippen LogP contribution in [0.2, 0.25) is 0 Å². The third kappa shape index (κ3) is 5.41. The summed E-state index contributed by atoms with van der Waals surface area (Å²) in [6.45, 7) is 6.24. The summed E-state index contributed by atoms with van der Waals surface area (Å²) < 4.78 is 23.8. The molecule has 0 amide bonds. The largest absolute Gasteiger partial charge is 0.489 e. The van der Waals surface area contributed by atoms with Gasteiger partial charge in [0, 0.05) is 36.1 Å². The average Bonchev–Trinajstić information content (AvgIpc) is 2.95. The van der Waals surface area contributed by atoms with E-state index in [-0.39, 0.29) is 6.61 Å². The number of fused-ring (bicyclic) bond motifs is 1. The molecule has 0 bridgehead atoms. The molecule has 0 unspecified atom stereocenters. The predicted molar refractivity (Wildman–Crippen MR) is 144 cm³/mol. The topological polar surface area (TPSA) is 99.6 Å². The Balaban J connectivity index is 1.34. The highest BCUT2D eigenvalue weighted by Gasteiger charge is 2.15. The summed E-state index contributed by atoms with van der Waals surface area (Å²) >= 11 is 0. The number of benzene rings is 3. The third-order valence-electron chi connectivity index (χ3n) is 6.62. The van der Waals surface area contributed by atoms with Crippen molar-refractivity contribution in [3.8, 4) is 40.2 Å². The smallest absolute Gasteiger partial charge is 0.161 e. The average molecular weight is 508 g/mol. The summed E-state index contributed by atoms with van der Waals surface area (Å²) in [6.07, 6.45) is 3.21. The number of nitrogens with two attached hydrogens (primary N) is 1. The Kier molecular flexibility index (Phi) is 7.43. The first kappa shape index (κ1) is 25.1. The van der Waals surface area contributed by atoms with E-state index in [2.05, 4.69) is 36.2 Å². The number of hydrogen-bond donors (Lipinski definition) is 1. The van der Waals surface area contributed by atoms with Gasteiger partial charge >= 0.3 is 0 Å². The number of nitrogens with zero attached hydrogens (tertiary/aromatic N) is 2. The summed E-state index contributed by atoms with van der Waals surface area (Å²) in [6, 6.07) is 20.0. The van der Waals surface area contributed by atoms with Gasteiger partial charge in [0.05, 0.1) is 5.56 Å². The van der Waals surface area contributed by atoms with Crippen molar-refractivity contribution in [2.24, 2.45) is 5.73 Å². The zero-order valence-corrected chi connectivity index (χ0v) is 21.5. The van der Waals surface area contributed by atoms with Crippen molar-refractivity contribution in [3.63, 3.8) is 0 Å². The van der Waals surface area contributed by atoms with Crippen molar-refractivity contribution < 1.29 is 18.9 Å². The van der Waals surface area contributed by atoms with E-state index in [1.165, 1.54) is 6.20 Å². The number of aromatic nitrogens is 1. The van der Waals surface area contributed by atoms with Crippen molar-refractivity contribution in [3.05, 3.63) is 100 Å². The van der Waals surface area contributed by atoms with Crippen LogP contribution in [-0.2, 0) is 19.8 Å². The first-order chi connectivity index (χ1) is 18.6. The van der Waals surface area contributed by atoms with E-state index < -0.39 is 0 Å². The Bertz CT molecular complexity index is 1510. The van der Waals surface area contributed by atoms with Crippen LogP contribution in [0.4, 0.5) is 0 Å². The van der Waals surface area contributed by atoms with Gasteiger partial charge in [-0.05, 0) is 65.9 Å². The molecule has 0 saturated heterocycles. The van der Waals surface area contributed by atoms with Crippen molar-refractivity contribution in [2.45, 2.75) is 33.6 Å². The number of nitriles is 1. The number of pyridine rings is 1. The second-order valence-electron chi connectivity index (χ2n) is 9.14. The molecular weight excluding hydrogens is 478 g/mol. The first-order valence-corrected chi connectivity index (χ1v) is 12.5. The van der Waals surface area contributed by atoms with Gasteiger partial charge in [-0.1, -0.05) is 24.3 Å². The molecule has 3 aromatic carbocycles. The molecule has 7 heteroatoms. The summed E-state index contributed by atoms with van der Waals surface area (Å²) in [5.74, 6) is 2.91. The van der Waals surface area contributed by atoms with E-state index in [1.54, 1.807) is 12.3 Å². The fourth-order valence-corrected chi connectivity index (χ4v) is 4.54. The monoisotopic (exact) mass is 507 g/mol. The van der Waals surface area contributed by atoms with Crippen molar-refractivity contribution in [2.75, 3.05) is 13.2 Å². The molecule has 38 heavy (non-hydrogen) atoms. The van der Waals surface area contributed by atoms with Crippen LogP contribution >= 0.6 is 0 Å². The highest BCUT2D eigenvalue weighted by atomic mass is 16.6. The molecule has 0 saturated carbocycles. The van der Waals surface area contributed by atoms with Gasteiger partial charge in [-0.15, -0.1) is 0 Å². The zero-order valence-electron chi connectivity index (χ0n) is 21.5. The Morgan fingerprint density at radius 3 is 2.61 bits per heavy atom. The molecule has 1 aliphatic rings. The van der Waals surface area contributed by atoms with Crippen LogP contribution in [0.3, 0.4) is 0 Å². The molecule has 5 rings (SSSR count). The molecule has 4 aromatic rings. The first-order valence-electron chi connectivity index (χ1n) is 12.5. The minimum absolute atomic E-state index is 0.273. The Morgan fingerprint density at radius 2 is 1.79 bits per heavy atom. The number of aryl methyl sites for hydroxylation is 1. The summed E-state index contributed by atoms with van der Waals surface area (Å²) in [4.78, 5) is 4.10. The van der Waals surface area contributed by atoms with Crippen LogP contribution in [0.25, 0.3) is 11.1 Å². The molecule has 1 aromatic heterocycles. The predicted octanol–water partition coefficient (Wildman–Crippen LogP) is 5.63. The number of ether oxygens (including phenoxy) is 4. The fraction of sp³-hybridized carbons (Fsp3) is 0.226. The lowest BCUT2D eigenvalue weighted by atomic mass is 9.96. The van der Waals surface area contributed by atoms with Gasteiger partial charge in [0.2, 0.25) is 0 Å². The molecule has 192 valence electrons. The zero-order chi connectivity index (χ0) is 26.5. The summed E-state index contributed by atoms with van der Waals surface area (Å²) in [5.41, 5.74) is 13.6. The molecule has 2 heterocycles. The maximum atomic E-state index is 9.13. The highest BCUT2D eigenvalue weighted by Crippen LogP contribution is 2.36. The Hall–Kier alpha value is -4.54. The SMILES string of the molecule is Cc1cc(OCc2cccc(-c3ccc4c(c3)OCCO4)c2C)cc(OCc2cncc(C#N)c2)c1CN. The summed E-state index contributed by atoms with van der Waals surface area (Å²) in [5, 5.41) is 9.13. The van der Waals surface area contributed by atoms with E-state index in [0.29, 0.717) is 43.4 Å². The molecule has 0 spiro atoms. The molecule has 7 nitrogen and oxygen atoms in total. The quantitative estimate of drug-likeness (QED) is 0.330. The lowest BCUT2D eigenvalue weighted by Gasteiger charge is -2.20. The number of rotatable bonds is 8. The van der Waals surface area contributed by atoms with Crippen molar-refractivity contribution >= 4 is 0 Å². The van der Waals surface area contributed by atoms with Crippen molar-refractivity contribution in [1.29, 1.82) is 5.26 Å². The normalized spacial score (nSPS) is 12.1. The van der Waals surface area contributed by atoms with E-state index in [4.69, 9.17) is 29.9 Å². The van der Waals surface area contributed by atoms with Gasteiger partial charge < -0.3 is 24.7 Å². The van der Waals surface area contributed by atoms with Crippen LogP contribution < -0.4 is 24.7 Å². The number of hydrogen-bond acceptors (Lipinski definition) is 7. The highest BCUT2D eigenvalue weighted by molar-refractivity contribution is 5.71.